The van der Waals surface area contributed by atoms with Gasteiger partial charge < -0.3 is 14.4 Å². The molecule has 0 N–H and O–H groups in total. The average molecular weight is 208 g/mol. The topological polar surface area (TPSA) is 66.2 Å². The zero-order valence-electron chi connectivity index (χ0n) is 7.86. The summed E-state index contributed by atoms with van der Waals surface area (Å²) in [5.74, 6) is -2.85. The summed E-state index contributed by atoms with van der Waals surface area (Å²) in [6.07, 6.45) is 0. The number of aromatic nitrogens is 1. The normalized spacial score (nSPS) is 12.9. The number of carbonyl (C=O) groups excluding carboxylic acids is 1. The van der Waals surface area contributed by atoms with E-state index < -0.39 is 17.7 Å². The van der Waals surface area contributed by atoms with Gasteiger partial charge in [0.2, 0.25) is 0 Å². The van der Waals surface area contributed by atoms with Gasteiger partial charge in [-0.25, -0.2) is 4.39 Å². The summed E-state index contributed by atoms with van der Waals surface area (Å²) < 4.78 is 18.2. The number of hydrogen-bond acceptors (Lipinski definition) is 4. The van der Waals surface area contributed by atoms with Crippen molar-refractivity contribution < 1.29 is 18.8 Å². The van der Waals surface area contributed by atoms with Crippen LogP contribution in [0.3, 0.4) is 0 Å². The Bertz CT molecular complexity index is 520. The van der Waals surface area contributed by atoms with E-state index in [0.29, 0.717) is 0 Å². The quantitative estimate of drug-likeness (QED) is 0.732. The van der Waals surface area contributed by atoms with E-state index in [9.17, 15) is 14.3 Å². The molecule has 2 aromatic rings. The first-order valence-electron chi connectivity index (χ1n) is 4.36. The predicted octanol–water partition coefficient (Wildman–Crippen LogP) is 0.820. The zero-order valence-corrected chi connectivity index (χ0v) is 7.86. The molecule has 0 aliphatic rings. The highest BCUT2D eigenvalue weighted by Gasteiger charge is 2.18. The largest absolute Gasteiger partial charge is 0.549 e. The summed E-state index contributed by atoms with van der Waals surface area (Å²) in [7, 11) is 0. The molecule has 1 aromatic carbocycles. The van der Waals surface area contributed by atoms with Crippen LogP contribution < -0.4 is 5.11 Å². The van der Waals surface area contributed by atoms with Crippen molar-refractivity contribution in [2.45, 2.75) is 12.8 Å². The highest BCUT2D eigenvalue weighted by molar-refractivity contribution is 5.85. The maximum Gasteiger partial charge on any atom is 0.170 e. The van der Waals surface area contributed by atoms with Crippen molar-refractivity contribution in [1.82, 2.24) is 5.16 Å². The van der Waals surface area contributed by atoms with Gasteiger partial charge in [0.05, 0.1) is 11.4 Å². The van der Waals surface area contributed by atoms with Gasteiger partial charge in [-0.1, -0.05) is 18.1 Å². The summed E-state index contributed by atoms with van der Waals surface area (Å²) in [5.41, 5.74) is 0.293. The molecule has 0 amide bonds. The molecule has 15 heavy (non-hydrogen) atoms. The molecule has 0 saturated heterocycles. The van der Waals surface area contributed by atoms with Crippen LogP contribution in [0.5, 0.6) is 0 Å². The van der Waals surface area contributed by atoms with Crippen LogP contribution in [0.2, 0.25) is 0 Å². The molecule has 0 radical (unpaired) electrons. The molecule has 5 heteroatoms. The number of benzene rings is 1. The number of aliphatic carboxylic acids is 1. The van der Waals surface area contributed by atoms with E-state index in [-0.39, 0.29) is 16.7 Å². The number of fused-ring (bicyclic) bond motifs is 1. The lowest BCUT2D eigenvalue weighted by atomic mass is 10.0. The number of halogens is 1. The van der Waals surface area contributed by atoms with E-state index in [2.05, 4.69) is 5.16 Å². The van der Waals surface area contributed by atoms with Crippen LogP contribution in [-0.4, -0.2) is 11.1 Å². The molecule has 0 aliphatic heterocycles. The molecule has 1 atom stereocenters. The third-order valence-corrected chi connectivity index (χ3v) is 2.24. The van der Waals surface area contributed by atoms with Crippen LogP contribution in [-0.2, 0) is 4.79 Å². The molecule has 0 spiro atoms. The first kappa shape index (κ1) is 9.64. The Morgan fingerprint density at radius 2 is 2.33 bits per heavy atom. The maximum atomic E-state index is 13.4. The van der Waals surface area contributed by atoms with Crippen LogP contribution in [0.25, 0.3) is 11.0 Å². The fourth-order valence-electron chi connectivity index (χ4n) is 1.38. The van der Waals surface area contributed by atoms with Crippen molar-refractivity contribution in [3.63, 3.8) is 0 Å². The molecule has 4 nitrogen and oxygen atoms in total. The second-order valence-corrected chi connectivity index (χ2v) is 3.22. The lowest BCUT2D eigenvalue weighted by Gasteiger charge is -2.08. The van der Waals surface area contributed by atoms with E-state index in [0.717, 1.165) is 0 Å². The monoisotopic (exact) mass is 208 g/mol. The fourth-order valence-corrected chi connectivity index (χ4v) is 1.38. The smallest absolute Gasteiger partial charge is 0.170 e. The van der Waals surface area contributed by atoms with E-state index >= 15 is 0 Å². The van der Waals surface area contributed by atoms with Gasteiger partial charge in [-0.05, 0) is 12.1 Å². The van der Waals surface area contributed by atoms with Crippen molar-refractivity contribution in [2.75, 3.05) is 0 Å². The minimum absolute atomic E-state index is 0.0584. The van der Waals surface area contributed by atoms with Crippen LogP contribution in [0.4, 0.5) is 4.39 Å². The maximum absolute atomic E-state index is 13.4. The Hall–Kier alpha value is -1.91. The Labute approximate surface area is 84.3 Å². The summed E-state index contributed by atoms with van der Waals surface area (Å²) in [4.78, 5) is 10.6. The summed E-state index contributed by atoms with van der Waals surface area (Å²) >= 11 is 0. The molecule has 2 rings (SSSR count). The van der Waals surface area contributed by atoms with E-state index in [1.165, 1.54) is 25.1 Å². The minimum Gasteiger partial charge on any atom is -0.549 e. The van der Waals surface area contributed by atoms with E-state index in [1.807, 2.05) is 0 Å². The van der Waals surface area contributed by atoms with Gasteiger partial charge in [-0.2, -0.15) is 0 Å². The standard InChI is InChI=1S/C10H8FNO3/c1-5(10(13)14)9-8-6(11)3-2-4-7(8)15-12-9/h2-5H,1H3,(H,13,14)/p-1. The molecule has 0 bridgehead atoms. The number of nitrogens with zero attached hydrogens (tertiary/aromatic N) is 1. The Morgan fingerprint density at radius 3 is 3.00 bits per heavy atom. The molecule has 0 aliphatic carbocycles. The van der Waals surface area contributed by atoms with E-state index in [4.69, 9.17) is 4.52 Å². The van der Waals surface area contributed by atoms with Crippen molar-refractivity contribution in [3.05, 3.63) is 29.7 Å². The zero-order chi connectivity index (χ0) is 11.0. The van der Waals surface area contributed by atoms with Crippen LogP contribution >= 0.6 is 0 Å². The van der Waals surface area contributed by atoms with Crippen molar-refractivity contribution in [3.8, 4) is 0 Å². The van der Waals surface area contributed by atoms with Crippen LogP contribution in [0.15, 0.2) is 22.7 Å². The number of hydrogen-bond donors (Lipinski definition) is 0. The Balaban J connectivity index is 2.67. The van der Waals surface area contributed by atoms with Gasteiger partial charge in [0, 0.05) is 5.92 Å². The lowest BCUT2D eigenvalue weighted by molar-refractivity contribution is -0.307. The van der Waals surface area contributed by atoms with Gasteiger partial charge in [0.25, 0.3) is 0 Å². The van der Waals surface area contributed by atoms with Crippen LogP contribution in [0, 0.1) is 5.82 Å². The number of rotatable bonds is 2. The fraction of sp³-hybridized carbons (Fsp3) is 0.200. The van der Waals surface area contributed by atoms with Crippen LogP contribution in [0.1, 0.15) is 18.5 Å². The molecular weight excluding hydrogens is 201 g/mol. The lowest BCUT2D eigenvalue weighted by Crippen LogP contribution is -2.28. The van der Waals surface area contributed by atoms with Crippen molar-refractivity contribution >= 4 is 16.9 Å². The highest BCUT2D eigenvalue weighted by atomic mass is 19.1. The first-order valence-corrected chi connectivity index (χ1v) is 4.36. The van der Waals surface area contributed by atoms with Gasteiger partial charge in [-0.3, -0.25) is 0 Å². The number of carboxylic acids is 1. The van der Waals surface area contributed by atoms with Gasteiger partial charge in [-0.15, -0.1) is 0 Å². The highest BCUT2D eigenvalue weighted by Crippen LogP contribution is 2.26. The molecule has 0 saturated carbocycles. The third-order valence-electron chi connectivity index (χ3n) is 2.24. The Kier molecular flexibility index (Phi) is 2.15. The van der Waals surface area contributed by atoms with E-state index in [1.54, 1.807) is 0 Å². The summed E-state index contributed by atoms with van der Waals surface area (Å²) in [6.45, 7) is 1.37. The SMILES string of the molecule is CC(C(=O)[O-])c1noc2cccc(F)c12. The molecule has 0 fully saturated rings. The number of carbonyl (C=O) groups is 1. The van der Waals surface area contributed by atoms with Crippen molar-refractivity contribution in [2.24, 2.45) is 0 Å². The summed E-state index contributed by atoms with van der Waals surface area (Å²) in [5, 5.41) is 14.3. The molecule has 78 valence electrons. The average Bonchev–Trinajstić information content (AvgIpc) is 2.61. The molecular formula is C10H7FNO3-. The van der Waals surface area contributed by atoms with Gasteiger partial charge >= 0.3 is 0 Å². The number of carboxylic acid groups (broad SMARTS) is 1. The minimum atomic E-state index is -1.31. The second-order valence-electron chi connectivity index (χ2n) is 3.22. The van der Waals surface area contributed by atoms with Crippen molar-refractivity contribution in [1.29, 1.82) is 0 Å². The molecule has 1 aromatic heterocycles. The van der Waals surface area contributed by atoms with Gasteiger partial charge in [0.15, 0.2) is 5.58 Å². The third kappa shape index (κ3) is 1.45. The molecule has 1 unspecified atom stereocenters. The first-order chi connectivity index (χ1) is 7.11. The van der Waals surface area contributed by atoms with Gasteiger partial charge in [0.1, 0.15) is 11.5 Å². The summed E-state index contributed by atoms with van der Waals surface area (Å²) in [6, 6.07) is 4.22. The predicted molar refractivity (Wildman–Crippen MR) is 47.4 cm³/mol. The Morgan fingerprint density at radius 1 is 1.60 bits per heavy atom. The second kappa shape index (κ2) is 3.34. The molecule has 1 heterocycles.